The van der Waals surface area contributed by atoms with Crippen LogP contribution in [0.3, 0.4) is 0 Å². The third kappa shape index (κ3) is 6.01. The van der Waals surface area contributed by atoms with Crippen LogP contribution in [0.1, 0.15) is 55.8 Å². The van der Waals surface area contributed by atoms with Crippen LogP contribution in [0.5, 0.6) is 5.75 Å². The second kappa shape index (κ2) is 9.78. The van der Waals surface area contributed by atoms with Crippen LogP contribution in [0.15, 0.2) is 12.1 Å². The number of anilines is 1. The number of methoxy groups -OCH3 is 1. The molecule has 0 saturated carbocycles. The van der Waals surface area contributed by atoms with Gasteiger partial charge in [0.1, 0.15) is 5.75 Å². The normalized spacial score (nSPS) is 15.0. The summed E-state index contributed by atoms with van der Waals surface area (Å²) in [6, 6.07) is 3.18. The molecule has 1 saturated heterocycles. The summed E-state index contributed by atoms with van der Waals surface area (Å²) >= 11 is 6.18. The van der Waals surface area contributed by atoms with E-state index in [4.69, 9.17) is 16.3 Å². The highest BCUT2D eigenvalue weighted by molar-refractivity contribution is 6.34. The number of nitrogens with zero attached hydrogens (tertiary/aromatic N) is 1. The van der Waals surface area contributed by atoms with Gasteiger partial charge in [0.25, 0.3) is 0 Å². The molecular weight excluding hydrogens is 340 g/mol. The number of amides is 1. The monoisotopic (exact) mass is 366 g/mol. The van der Waals surface area contributed by atoms with Crippen molar-refractivity contribution >= 4 is 29.0 Å². The van der Waals surface area contributed by atoms with Gasteiger partial charge < -0.3 is 15.0 Å². The molecule has 1 aliphatic rings. The van der Waals surface area contributed by atoms with E-state index in [0.29, 0.717) is 28.4 Å². The Kier molecular flexibility index (Phi) is 7.72. The number of hydrogen-bond acceptors (Lipinski definition) is 4. The fourth-order valence-electron chi connectivity index (χ4n) is 3.16. The molecule has 1 aromatic rings. The number of ether oxygens (including phenoxy) is 1. The Bertz CT molecular complexity index is 613. The van der Waals surface area contributed by atoms with Crippen LogP contribution in [0.2, 0.25) is 5.02 Å². The minimum atomic E-state index is -0.222. The fourth-order valence-corrected chi connectivity index (χ4v) is 3.38. The molecule has 0 aliphatic carbocycles. The molecule has 0 aromatic heterocycles. The van der Waals surface area contributed by atoms with E-state index in [2.05, 4.69) is 10.2 Å². The van der Waals surface area contributed by atoms with Crippen molar-refractivity contribution in [1.82, 2.24) is 4.90 Å². The summed E-state index contributed by atoms with van der Waals surface area (Å²) in [5, 5.41) is 2.98. The van der Waals surface area contributed by atoms with E-state index in [1.807, 2.05) is 0 Å². The van der Waals surface area contributed by atoms with Crippen molar-refractivity contribution < 1.29 is 14.3 Å². The molecule has 0 bridgehead atoms. The van der Waals surface area contributed by atoms with Crippen LogP contribution in [0.25, 0.3) is 0 Å². The van der Waals surface area contributed by atoms with Crippen molar-refractivity contribution in [1.29, 1.82) is 0 Å². The Morgan fingerprint density at radius 1 is 1.20 bits per heavy atom. The smallest absolute Gasteiger partial charge is 0.221 e. The number of likely N-dealkylation sites (tertiary alicyclic amines) is 1. The maximum atomic E-state index is 12.5. The highest BCUT2D eigenvalue weighted by Gasteiger charge is 2.17. The summed E-state index contributed by atoms with van der Waals surface area (Å²) in [6.07, 6.45) is 6.25. The second-order valence-corrected chi connectivity index (χ2v) is 6.90. The van der Waals surface area contributed by atoms with Crippen LogP contribution < -0.4 is 10.1 Å². The molecule has 138 valence electrons. The number of carbonyl (C=O) groups excluding carboxylic acids is 2. The fraction of sp³-hybridized carbons (Fsp3) is 0.579. The Morgan fingerprint density at radius 2 is 1.92 bits per heavy atom. The average molecular weight is 367 g/mol. The number of benzene rings is 1. The second-order valence-electron chi connectivity index (χ2n) is 6.50. The first-order valence-electron chi connectivity index (χ1n) is 8.92. The van der Waals surface area contributed by atoms with Crippen LogP contribution in [0, 0.1) is 0 Å². The van der Waals surface area contributed by atoms with Crippen LogP contribution in [0.4, 0.5) is 5.69 Å². The summed E-state index contributed by atoms with van der Waals surface area (Å²) in [5.74, 6) is 0.238. The van der Waals surface area contributed by atoms with Gasteiger partial charge in [0, 0.05) is 19.4 Å². The van der Waals surface area contributed by atoms with E-state index < -0.39 is 0 Å². The Hall–Kier alpha value is -1.59. The molecule has 5 nitrogen and oxygen atoms in total. The number of unbranched alkanes of at least 4 members (excludes halogenated alkanes) is 1. The predicted molar refractivity (Wildman–Crippen MR) is 101 cm³/mol. The molecule has 6 heteroatoms. The summed E-state index contributed by atoms with van der Waals surface area (Å²) < 4.78 is 5.31. The maximum Gasteiger partial charge on any atom is 0.221 e. The Balaban J connectivity index is 1.91. The van der Waals surface area contributed by atoms with Crippen LogP contribution in [-0.2, 0) is 4.79 Å². The third-order valence-electron chi connectivity index (χ3n) is 4.48. The minimum absolute atomic E-state index is 0.0202. The molecule has 1 aromatic carbocycles. The highest BCUT2D eigenvalue weighted by Crippen LogP contribution is 2.32. The van der Waals surface area contributed by atoms with E-state index in [1.165, 1.54) is 46.4 Å². The SMILES string of the molecule is COc1cc(NC(C)=O)c(Cl)cc1C(=O)CCCCN1CCCCC1. The number of halogens is 1. The molecule has 25 heavy (non-hydrogen) atoms. The molecule has 1 amide bonds. The predicted octanol–water partition coefficient (Wildman–Crippen LogP) is 4.15. The molecule has 0 atom stereocenters. The molecule has 1 fully saturated rings. The van der Waals surface area contributed by atoms with E-state index >= 15 is 0 Å². The zero-order valence-electron chi connectivity index (χ0n) is 15.1. The molecule has 1 N–H and O–H groups in total. The van der Waals surface area contributed by atoms with Crippen molar-refractivity contribution in [2.75, 3.05) is 32.1 Å². The van der Waals surface area contributed by atoms with Gasteiger partial charge in [-0.05, 0) is 51.4 Å². The van der Waals surface area contributed by atoms with Gasteiger partial charge in [-0.15, -0.1) is 0 Å². The topological polar surface area (TPSA) is 58.6 Å². The lowest BCUT2D eigenvalue weighted by atomic mass is 10.0. The third-order valence-corrected chi connectivity index (χ3v) is 4.79. The van der Waals surface area contributed by atoms with Crippen molar-refractivity contribution in [2.45, 2.75) is 45.4 Å². The van der Waals surface area contributed by atoms with Gasteiger partial charge in [-0.3, -0.25) is 9.59 Å². The molecule has 0 radical (unpaired) electrons. The van der Waals surface area contributed by atoms with E-state index in [-0.39, 0.29) is 11.7 Å². The summed E-state index contributed by atoms with van der Waals surface area (Å²) in [5.41, 5.74) is 0.923. The highest BCUT2D eigenvalue weighted by atomic mass is 35.5. The number of ketones is 1. The van der Waals surface area contributed by atoms with E-state index in [9.17, 15) is 9.59 Å². The van der Waals surface area contributed by atoms with Gasteiger partial charge in [0.2, 0.25) is 5.91 Å². The summed E-state index contributed by atoms with van der Waals surface area (Å²) in [6.45, 7) is 4.83. The molecular formula is C19H27ClN2O3. The van der Waals surface area contributed by atoms with Gasteiger partial charge >= 0.3 is 0 Å². The van der Waals surface area contributed by atoms with Gasteiger partial charge in [-0.25, -0.2) is 0 Å². The molecule has 2 rings (SSSR count). The first-order valence-corrected chi connectivity index (χ1v) is 9.29. The van der Waals surface area contributed by atoms with Crippen LogP contribution >= 0.6 is 11.6 Å². The summed E-state index contributed by atoms with van der Waals surface area (Å²) in [4.78, 5) is 26.2. The first kappa shape index (κ1) is 19.7. The largest absolute Gasteiger partial charge is 0.496 e. The van der Waals surface area contributed by atoms with Crippen molar-refractivity contribution in [3.8, 4) is 5.75 Å². The minimum Gasteiger partial charge on any atom is -0.496 e. The molecule has 1 aliphatic heterocycles. The number of piperidine rings is 1. The Labute approximate surface area is 154 Å². The van der Waals surface area contributed by atoms with E-state index in [1.54, 1.807) is 12.1 Å². The lowest BCUT2D eigenvalue weighted by Crippen LogP contribution is -2.30. The molecule has 0 unspecified atom stereocenters. The quantitative estimate of drug-likeness (QED) is 0.554. The lowest BCUT2D eigenvalue weighted by Gasteiger charge is -2.26. The number of carbonyl (C=O) groups is 2. The maximum absolute atomic E-state index is 12.5. The molecule has 0 spiro atoms. The number of hydrogen-bond donors (Lipinski definition) is 1. The van der Waals surface area contributed by atoms with Crippen LogP contribution in [-0.4, -0.2) is 43.3 Å². The zero-order valence-corrected chi connectivity index (χ0v) is 15.8. The van der Waals surface area contributed by atoms with Crippen molar-refractivity contribution in [3.63, 3.8) is 0 Å². The van der Waals surface area contributed by atoms with E-state index in [0.717, 1.165) is 19.4 Å². The zero-order chi connectivity index (χ0) is 18.2. The lowest BCUT2D eigenvalue weighted by molar-refractivity contribution is -0.114. The Morgan fingerprint density at radius 3 is 2.56 bits per heavy atom. The van der Waals surface area contributed by atoms with Crippen molar-refractivity contribution in [2.24, 2.45) is 0 Å². The number of rotatable bonds is 8. The van der Waals surface area contributed by atoms with Gasteiger partial charge in [0.15, 0.2) is 5.78 Å². The van der Waals surface area contributed by atoms with Gasteiger partial charge in [-0.2, -0.15) is 0 Å². The van der Waals surface area contributed by atoms with Crippen molar-refractivity contribution in [3.05, 3.63) is 22.7 Å². The van der Waals surface area contributed by atoms with Gasteiger partial charge in [-0.1, -0.05) is 18.0 Å². The average Bonchev–Trinajstić information content (AvgIpc) is 2.60. The van der Waals surface area contributed by atoms with Gasteiger partial charge in [0.05, 0.1) is 23.4 Å². The number of Topliss-reactive ketones (excluding diaryl/α,β-unsaturated/α-hetero) is 1. The summed E-state index contributed by atoms with van der Waals surface area (Å²) in [7, 11) is 1.51. The number of nitrogens with one attached hydrogen (secondary N) is 1. The first-order chi connectivity index (χ1) is 12.0. The molecule has 1 heterocycles. The standard InChI is InChI=1S/C19H27ClN2O3/c1-14(23)21-17-13-19(25-2)15(12-16(17)20)18(24)8-4-7-11-22-9-5-3-6-10-22/h12-13H,3-11H2,1-2H3,(H,21,23).